The van der Waals surface area contributed by atoms with Gasteiger partial charge in [0, 0.05) is 33.0 Å². The first-order valence-corrected chi connectivity index (χ1v) is 6.61. The van der Waals surface area contributed by atoms with E-state index in [0.29, 0.717) is 39.1 Å². The molecule has 2 rings (SSSR count). The topological polar surface area (TPSA) is 68.5 Å². The van der Waals surface area contributed by atoms with Crippen molar-refractivity contribution in [2.24, 2.45) is 11.1 Å². The summed E-state index contributed by atoms with van der Waals surface area (Å²) in [6, 6.07) is 5.71. The predicted molar refractivity (Wildman–Crippen MR) is 72.3 cm³/mol. The fraction of sp³-hybridized carbons (Fsp3) is 0.571. The van der Waals surface area contributed by atoms with E-state index < -0.39 is 5.41 Å². The highest BCUT2D eigenvalue weighted by Gasteiger charge is 2.40. The fourth-order valence-corrected chi connectivity index (χ4v) is 2.48. The summed E-state index contributed by atoms with van der Waals surface area (Å²) in [5.74, 6) is 0.101. The number of ether oxygens (including phenoxy) is 1. The van der Waals surface area contributed by atoms with Crippen molar-refractivity contribution < 1.29 is 9.53 Å². The van der Waals surface area contributed by atoms with Crippen molar-refractivity contribution in [1.29, 1.82) is 0 Å². The molecule has 19 heavy (non-hydrogen) atoms. The maximum absolute atomic E-state index is 12.6. The van der Waals surface area contributed by atoms with Gasteiger partial charge >= 0.3 is 0 Å². The summed E-state index contributed by atoms with van der Waals surface area (Å²) in [6.07, 6.45) is 3.14. The van der Waals surface area contributed by atoms with Crippen molar-refractivity contribution in [2.45, 2.75) is 19.4 Å². The van der Waals surface area contributed by atoms with Crippen LogP contribution in [0.3, 0.4) is 0 Å². The van der Waals surface area contributed by atoms with Crippen LogP contribution < -0.4 is 5.73 Å². The predicted octanol–water partition coefficient (Wildman–Crippen LogP) is 0.795. The van der Waals surface area contributed by atoms with Crippen molar-refractivity contribution in [3.63, 3.8) is 0 Å². The molecule has 1 amide bonds. The number of hydrogen-bond donors (Lipinski definition) is 1. The molecule has 0 radical (unpaired) electrons. The first kappa shape index (κ1) is 14.0. The summed E-state index contributed by atoms with van der Waals surface area (Å²) in [5, 5.41) is 0. The lowest BCUT2D eigenvalue weighted by Gasteiger charge is -2.37. The van der Waals surface area contributed by atoms with Crippen LogP contribution in [0.1, 0.15) is 18.5 Å². The third kappa shape index (κ3) is 3.11. The van der Waals surface area contributed by atoms with Crippen LogP contribution in [0.25, 0.3) is 0 Å². The van der Waals surface area contributed by atoms with Crippen molar-refractivity contribution in [1.82, 2.24) is 9.88 Å². The molecule has 0 spiro atoms. The van der Waals surface area contributed by atoms with Crippen molar-refractivity contribution in [3.8, 4) is 0 Å². The number of aromatic nitrogens is 1. The number of nitrogens with two attached hydrogens (primary N) is 1. The SMILES string of the molecule is CN(Cc1ccccn1)C(=O)C1(CN)CCOCC1. The Bertz CT molecular complexity index is 416. The number of nitrogens with zero attached hydrogens (tertiary/aromatic N) is 2. The summed E-state index contributed by atoms with van der Waals surface area (Å²) in [5.41, 5.74) is 6.28. The second-order valence-electron chi connectivity index (χ2n) is 5.08. The van der Waals surface area contributed by atoms with Gasteiger partial charge in [-0.25, -0.2) is 0 Å². The monoisotopic (exact) mass is 263 g/mol. The fourth-order valence-electron chi connectivity index (χ4n) is 2.48. The van der Waals surface area contributed by atoms with E-state index in [2.05, 4.69) is 4.98 Å². The number of rotatable bonds is 4. The van der Waals surface area contributed by atoms with Crippen LogP contribution in [-0.2, 0) is 16.1 Å². The molecule has 1 aromatic heterocycles. The van der Waals surface area contributed by atoms with Crippen LogP contribution in [0.2, 0.25) is 0 Å². The Labute approximate surface area is 113 Å². The molecule has 2 N–H and O–H groups in total. The molecule has 5 heteroatoms. The van der Waals surface area contributed by atoms with Crippen molar-refractivity contribution in [2.75, 3.05) is 26.8 Å². The molecule has 2 heterocycles. The number of carbonyl (C=O) groups is 1. The summed E-state index contributed by atoms with van der Waals surface area (Å²) in [6.45, 7) is 2.12. The molecule has 1 aliphatic heterocycles. The lowest BCUT2D eigenvalue weighted by molar-refractivity contribution is -0.146. The third-order valence-corrected chi connectivity index (χ3v) is 3.77. The summed E-state index contributed by atoms with van der Waals surface area (Å²) >= 11 is 0. The molecule has 0 saturated carbocycles. The van der Waals surface area contributed by atoms with E-state index in [9.17, 15) is 4.79 Å². The highest BCUT2D eigenvalue weighted by molar-refractivity contribution is 5.82. The highest BCUT2D eigenvalue weighted by atomic mass is 16.5. The quantitative estimate of drug-likeness (QED) is 0.872. The zero-order valence-electron chi connectivity index (χ0n) is 11.3. The summed E-state index contributed by atoms with van der Waals surface area (Å²) in [7, 11) is 1.81. The second-order valence-corrected chi connectivity index (χ2v) is 5.08. The van der Waals surface area contributed by atoms with Gasteiger partial charge in [0.1, 0.15) is 0 Å². The van der Waals surface area contributed by atoms with Crippen molar-refractivity contribution >= 4 is 5.91 Å². The molecule has 1 fully saturated rings. The average Bonchev–Trinajstić information content (AvgIpc) is 2.48. The molecule has 1 saturated heterocycles. The minimum atomic E-state index is -0.457. The van der Waals surface area contributed by atoms with E-state index in [-0.39, 0.29) is 5.91 Å². The smallest absolute Gasteiger partial charge is 0.230 e. The van der Waals surface area contributed by atoms with E-state index >= 15 is 0 Å². The van der Waals surface area contributed by atoms with Gasteiger partial charge in [-0.2, -0.15) is 0 Å². The molecule has 0 bridgehead atoms. The van der Waals surface area contributed by atoms with E-state index in [1.54, 1.807) is 11.1 Å². The second kappa shape index (κ2) is 6.12. The van der Waals surface area contributed by atoms with Crippen LogP contribution in [0.4, 0.5) is 0 Å². The molecular formula is C14H21N3O2. The molecule has 1 aliphatic rings. The minimum Gasteiger partial charge on any atom is -0.381 e. The Morgan fingerprint density at radius 3 is 2.79 bits per heavy atom. The highest BCUT2D eigenvalue weighted by Crippen LogP contribution is 2.31. The molecule has 0 aromatic carbocycles. The lowest BCUT2D eigenvalue weighted by atomic mass is 9.79. The lowest BCUT2D eigenvalue weighted by Crippen LogP contribution is -2.49. The maximum Gasteiger partial charge on any atom is 0.230 e. The van der Waals surface area contributed by atoms with Crippen LogP contribution in [0.15, 0.2) is 24.4 Å². The normalized spacial score (nSPS) is 18.0. The first-order valence-electron chi connectivity index (χ1n) is 6.61. The largest absolute Gasteiger partial charge is 0.381 e. The molecule has 5 nitrogen and oxygen atoms in total. The molecule has 104 valence electrons. The van der Waals surface area contributed by atoms with E-state index in [1.165, 1.54) is 0 Å². The zero-order chi connectivity index (χ0) is 13.7. The minimum absolute atomic E-state index is 0.101. The van der Waals surface area contributed by atoms with Gasteiger partial charge in [0.25, 0.3) is 0 Å². The van der Waals surface area contributed by atoms with Gasteiger partial charge < -0.3 is 15.4 Å². The standard InChI is InChI=1S/C14H21N3O2/c1-17(10-12-4-2-3-7-16-12)13(18)14(11-15)5-8-19-9-6-14/h2-4,7H,5-6,8-11,15H2,1H3. The van der Waals surface area contributed by atoms with Gasteiger partial charge in [-0.05, 0) is 25.0 Å². The Kier molecular flexibility index (Phi) is 4.50. The Morgan fingerprint density at radius 2 is 2.21 bits per heavy atom. The number of hydrogen-bond acceptors (Lipinski definition) is 4. The maximum atomic E-state index is 12.6. The Morgan fingerprint density at radius 1 is 1.47 bits per heavy atom. The van der Waals surface area contributed by atoms with Crippen LogP contribution >= 0.6 is 0 Å². The van der Waals surface area contributed by atoms with Crippen molar-refractivity contribution in [3.05, 3.63) is 30.1 Å². The zero-order valence-corrected chi connectivity index (χ0v) is 11.3. The van der Waals surface area contributed by atoms with Gasteiger partial charge in [0.15, 0.2) is 0 Å². The average molecular weight is 263 g/mol. The van der Waals surface area contributed by atoms with E-state index in [1.807, 2.05) is 25.2 Å². The van der Waals surface area contributed by atoms with Crippen LogP contribution in [-0.4, -0.2) is 42.6 Å². The number of pyridine rings is 1. The van der Waals surface area contributed by atoms with E-state index in [0.717, 1.165) is 5.69 Å². The van der Waals surface area contributed by atoms with Gasteiger partial charge in [-0.1, -0.05) is 6.07 Å². The number of carbonyl (C=O) groups excluding carboxylic acids is 1. The molecule has 1 aromatic rings. The van der Waals surface area contributed by atoms with Gasteiger partial charge in [-0.3, -0.25) is 9.78 Å². The van der Waals surface area contributed by atoms with Gasteiger partial charge in [0.2, 0.25) is 5.91 Å². The van der Waals surface area contributed by atoms with Crippen LogP contribution in [0.5, 0.6) is 0 Å². The number of amides is 1. The summed E-state index contributed by atoms with van der Waals surface area (Å²) in [4.78, 5) is 18.6. The van der Waals surface area contributed by atoms with Gasteiger partial charge in [-0.15, -0.1) is 0 Å². The summed E-state index contributed by atoms with van der Waals surface area (Å²) < 4.78 is 5.34. The first-order chi connectivity index (χ1) is 9.18. The Balaban J connectivity index is 2.05. The molecule has 0 atom stereocenters. The van der Waals surface area contributed by atoms with E-state index in [4.69, 9.17) is 10.5 Å². The molecule has 0 aliphatic carbocycles. The molecule has 0 unspecified atom stereocenters. The molecular weight excluding hydrogens is 242 g/mol. The Hall–Kier alpha value is -1.46. The van der Waals surface area contributed by atoms with Gasteiger partial charge in [0.05, 0.1) is 17.7 Å². The third-order valence-electron chi connectivity index (χ3n) is 3.77. The van der Waals surface area contributed by atoms with Crippen LogP contribution in [0, 0.1) is 5.41 Å².